The average Bonchev–Trinajstić information content (AvgIpc) is 2.78. The number of amides is 1. The Morgan fingerprint density at radius 2 is 1.85 bits per heavy atom. The van der Waals surface area contributed by atoms with E-state index in [1.165, 1.54) is 0 Å². The van der Waals surface area contributed by atoms with Crippen molar-refractivity contribution in [2.24, 2.45) is 5.92 Å². The number of carbonyl (C=O) groups is 1. The van der Waals surface area contributed by atoms with Crippen LogP contribution in [0.3, 0.4) is 0 Å². The number of nitrogens with zero attached hydrogens (tertiary/aromatic N) is 2. The van der Waals surface area contributed by atoms with Crippen LogP contribution in [0.2, 0.25) is 0 Å². The lowest BCUT2D eigenvalue weighted by molar-refractivity contribution is -0.160. The number of ether oxygens (including phenoxy) is 1. The Hall–Kier alpha value is -0.750. The highest BCUT2D eigenvalue weighted by atomic mass is 19.3. The highest BCUT2D eigenvalue weighted by Gasteiger charge is 2.51. The Morgan fingerprint density at radius 3 is 2.45 bits per heavy atom. The molecule has 20 heavy (non-hydrogen) atoms. The van der Waals surface area contributed by atoms with Gasteiger partial charge in [0.2, 0.25) is 11.8 Å². The van der Waals surface area contributed by atoms with E-state index in [4.69, 9.17) is 4.74 Å². The molecule has 0 radical (unpaired) electrons. The van der Waals surface area contributed by atoms with Crippen LogP contribution in [0.15, 0.2) is 0 Å². The van der Waals surface area contributed by atoms with Gasteiger partial charge in [-0.1, -0.05) is 0 Å². The normalized spacial score (nSPS) is 35.0. The molecule has 0 N–H and O–H groups in total. The van der Waals surface area contributed by atoms with Crippen LogP contribution in [0, 0.1) is 5.92 Å². The predicted molar refractivity (Wildman–Crippen MR) is 69.6 cm³/mol. The first-order valence-corrected chi connectivity index (χ1v) is 7.48. The van der Waals surface area contributed by atoms with Gasteiger partial charge < -0.3 is 9.64 Å². The summed E-state index contributed by atoms with van der Waals surface area (Å²) in [6.07, 6.45) is 0.407. The van der Waals surface area contributed by atoms with Crippen molar-refractivity contribution in [2.45, 2.75) is 44.2 Å². The van der Waals surface area contributed by atoms with Crippen molar-refractivity contribution in [3.8, 4) is 0 Å². The largest absolute Gasteiger partial charge is 0.379 e. The van der Waals surface area contributed by atoms with Crippen molar-refractivity contribution in [3.63, 3.8) is 0 Å². The fraction of sp³-hybridized carbons (Fsp3) is 0.929. The Balaban J connectivity index is 1.58. The minimum atomic E-state index is -2.62. The second kappa shape index (κ2) is 5.22. The van der Waals surface area contributed by atoms with Gasteiger partial charge in [0.15, 0.2) is 0 Å². The Morgan fingerprint density at radius 1 is 1.20 bits per heavy atom. The molecule has 2 saturated heterocycles. The molecule has 0 spiro atoms. The first kappa shape index (κ1) is 14.2. The summed E-state index contributed by atoms with van der Waals surface area (Å²) >= 11 is 0. The van der Waals surface area contributed by atoms with Crippen LogP contribution in [0.4, 0.5) is 8.78 Å². The van der Waals surface area contributed by atoms with Gasteiger partial charge in [0.25, 0.3) is 0 Å². The van der Waals surface area contributed by atoms with Crippen LogP contribution in [-0.2, 0) is 9.53 Å². The van der Waals surface area contributed by atoms with Gasteiger partial charge >= 0.3 is 0 Å². The lowest BCUT2D eigenvalue weighted by atomic mass is 9.80. The second-order valence-corrected chi connectivity index (χ2v) is 6.24. The average molecular weight is 288 g/mol. The number of morpholine rings is 1. The van der Waals surface area contributed by atoms with Gasteiger partial charge in [-0.2, -0.15) is 0 Å². The fourth-order valence-electron chi connectivity index (χ4n) is 3.70. The number of halogens is 2. The molecule has 0 aromatic heterocycles. The number of rotatable bonds is 2. The third kappa shape index (κ3) is 2.55. The molecule has 3 aliphatic rings. The summed E-state index contributed by atoms with van der Waals surface area (Å²) in [5.41, 5.74) is 0. The van der Waals surface area contributed by atoms with Crippen molar-refractivity contribution >= 4 is 5.91 Å². The number of alkyl halides is 2. The highest BCUT2D eigenvalue weighted by molar-refractivity contribution is 5.80. The Kier molecular flexibility index (Phi) is 3.71. The molecule has 3 rings (SSSR count). The molecule has 2 heterocycles. The molecule has 114 valence electrons. The van der Waals surface area contributed by atoms with E-state index in [1.54, 1.807) is 0 Å². The zero-order chi connectivity index (χ0) is 14.3. The lowest BCUT2D eigenvalue weighted by Gasteiger charge is -2.39. The highest BCUT2D eigenvalue weighted by Crippen LogP contribution is 2.44. The van der Waals surface area contributed by atoms with Crippen molar-refractivity contribution in [1.29, 1.82) is 0 Å². The maximum Gasteiger partial charge on any atom is 0.249 e. The Labute approximate surface area is 118 Å². The van der Waals surface area contributed by atoms with Crippen molar-refractivity contribution < 1.29 is 18.3 Å². The summed E-state index contributed by atoms with van der Waals surface area (Å²) in [6.45, 7) is 6.03. The van der Waals surface area contributed by atoms with E-state index in [1.807, 2.05) is 11.8 Å². The van der Waals surface area contributed by atoms with Crippen LogP contribution in [-0.4, -0.2) is 66.6 Å². The van der Waals surface area contributed by atoms with Gasteiger partial charge in [0.05, 0.1) is 13.2 Å². The summed E-state index contributed by atoms with van der Waals surface area (Å²) < 4.78 is 31.2. The molecule has 0 unspecified atom stereocenters. The molecule has 1 saturated carbocycles. The van der Waals surface area contributed by atoms with Gasteiger partial charge in [-0.05, 0) is 13.3 Å². The number of likely N-dealkylation sites (tertiary alicyclic amines) is 1. The summed E-state index contributed by atoms with van der Waals surface area (Å²) in [6, 6.07) is 0.471. The quantitative estimate of drug-likeness (QED) is 0.769. The smallest absolute Gasteiger partial charge is 0.249 e. The summed E-state index contributed by atoms with van der Waals surface area (Å²) in [4.78, 5) is 16.5. The van der Waals surface area contributed by atoms with E-state index in [9.17, 15) is 13.6 Å². The molecule has 1 aliphatic carbocycles. The van der Waals surface area contributed by atoms with E-state index in [2.05, 4.69) is 4.90 Å². The fourth-order valence-corrected chi connectivity index (χ4v) is 3.70. The first-order valence-electron chi connectivity index (χ1n) is 7.48. The molecule has 0 aromatic rings. The van der Waals surface area contributed by atoms with Gasteiger partial charge in [-0.25, -0.2) is 8.78 Å². The maximum absolute atomic E-state index is 12.9. The van der Waals surface area contributed by atoms with E-state index < -0.39 is 11.8 Å². The zero-order valence-corrected chi connectivity index (χ0v) is 11.9. The molecular weight excluding hydrogens is 266 g/mol. The minimum Gasteiger partial charge on any atom is -0.379 e. The van der Waals surface area contributed by atoms with Crippen molar-refractivity contribution in [3.05, 3.63) is 0 Å². The molecule has 0 aromatic carbocycles. The standard InChI is InChI=1S/C14H22F2N2O2/c1-10-12(17-4-6-20-7-5-17)2-3-18(10)13(19)11-8-14(15,16)9-11/h10-12H,2-9H2,1H3/t10-,12-/m1/s1. The van der Waals surface area contributed by atoms with E-state index in [0.29, 0.717) is 12.6 Å². The van der Waals surface area contributed by atoms with Crippen LogP contribution >= 0.6 is 0 Å². The van der Waals surface area contributed by atoms with Crippen LogP contribution in [0.5, 0.6) is 0 Å². The third-order valence-electron chi connectivity index (χ3n) is 4.95. The topological polar surface area (TPSA) is 32.8 Å². The van der Waals surface area contributed by atoms with Crippen molar-refractivity contribution in [1.82, 2.24) is 9.80 Å². The first-order chi connectivity index (χ1) is 9.48. The summed E-state index contributed by atoms with van der Waals surface area (Å²) in [5, 5.41) is 0. The van der Waals surface area contributed by atoms with Gasteiger partial charge in [-0.3, -0.25) is 9.69 Å². The summed E-state index contributed by atoms with van der Waals surface area (Å²) in [5.74, 6) is -3.15. The van der Waals surface area contributed by atoms with Gasteiger partial charge in [0.1, 0.15) is 0 Å². The molecule has 2 aliphatic heterocycles. The van der Waals surface area contributed by atoms with Gasteiger partial charge in [0, 0.05) is 50.5 Å². The maximum atomic E-state index is 12.9. The number of carbonyl (C=O) groups excluding carboxylic acids is 1. The second-order valence-electron chi connectivity index (χ2n) is 6.24. The molecule has 1 amide bonds. The van der Waals surface area contributed by atoms with E-state index in [-0.39, 0.29) is 24.8 Å². The molecule has 0 bridgehead atoms. The number of hydrogen-bond acceptors (Lipinski definition) is 3. The SMILES string of the molecule is C[C@@H]1[C@H](N2CCOCC2)CCN1C(=O)C1CC(F)(F)C1. The lowest BCUT2D eigenvalue weighted by Crippen LogP contribution is -2.52. The van der Waals surface area contributed by atoms with Gasteiger partial charge in [-0.15, -0.1) is 0 Å². The molecule has 3 fully saturated rings. The van der Waals surface area contributed by atoms with E-state index in [0.717, 1.165) is 32.7 Å². The van der Waals surface area contributed by atoms with Crippen molar-refractivity contribution in [2.75, 3.05) is 32.8 Å². The molecular formula is C14H22F2N2O2. The minimum absolute atomic E-state index is 0.0702. The monoisotopic (exact) mass is 288 g/mol. The molecule has 6 heteroatoms. The van der Waals surface area contributed by atoms with Crippen LogP contribution < -0.4 is 0 Å². The third-order valence-corrected chi connectivity index (χ3v) is 4.95. The van der Waals surface area contributed by atoms with Crippen LogP contribution in [0.1, 0.15) is 26.2 Å². The Bertz CT molecular complexity index is 377. The molecule has 2 atom stereocenters. The van der Waals surface area contributed by atoms with E-state index >= 15 is 0 Å². The zero-order valence-electron chi connectivity index (χ0n) is 11.9. The number of hydrogen-bond donors (Lipinski definition) is 0. The summed E-state index contributed by atoms with van der Waals surface area (Å²) in [7, 11) is 0. The van der Waals surface area contributed by atoms with Crippen LogP contribution in [0.25, 0.3) is 0 Å². The predicted octanol–water partition coefficient (Wildman–Crippen LogP) is 1.35. The molecule has 4 nitrogen and oxygen atoms in total.